The van der Waals surface area contributed by atoms with E-state index in [2.05, 4.69) is 33.7 Å². The number of hydrogen-bond acceptors (Lipinski definition) is 3. The quantitative estimate of drug-likeness (QED) is 0.878. The normalized spacial score (nSPS) is 19.2. The third kappa shape index (κ3) is 3.93. The Morgan fingerprint density at radius 1 is 1.05 bits per heavy atom. The molecule has 1 aliphatic carbocycles. The van der Waals surface area contributed by atoms with Crippen LogP contribution in [0.1, 0.15) is 44.9 Å². The summed E-state index contributed by atoms with van der Waals surface area (Å²) in [5, 5.41) is 6.46. The lowest BCUT2D eigenvalue weighted by Gasteiger charge is -2.30. The molecular formula is C18H27N3O. The molecule has 2 fully saturated rings. The lowest BCUT2D eigenvalue weighted by Crippen LogP contribution is -2.37. The van der Waals surface area contributed by atoms with Crippen LogP contribution in [0.25, 0.3) is 0 Å². The minimum absolute atomic E-state index is 0.111. The molecule has 0 spiro atoms. The lowest BCUT2D eigenvalue weighted by atomic mass is 10.1. The first-order valence-electron chi connectivity index (χ1n) is 8.70. The Hall–Kier alpha value is -1.71. The number of carbonyl (C=O) groups excluding carboxylic acids is 1. The number of carbonyl (C=O) groups is 1. The second-order valence-electron chi connectivity index (χ2n) is 6.47. The Morgan fingerprint density at radius 2 is 1.77 bits per heavy atom. The topological polar surface area (TPSA) is 44.4 Å². The van der Waals surface area contributed by atoms with Crippen molar-refractivity contribution in [1.82, 2.24) is 5.32 Å². The fraction of sp³-hybridized carbons (Fsp3) is 0.611. The van der Waals surface area contributed by atoms with Crippen LogP contribution in [0.15, 0.2) is 24.3 Å². The van der Waals surface area contributed by atoms with Crippen LogP contribution in [0.5, 0.6) is 0 Å². The van der Waals surface area contributed by atoms with E-state index in [1.165, 1.54) is 37.8 Å². The van der Waals surface area contributed by atoms with Crippen LogP contribution in [-0.2, 0) is 4.79 Å². The van der Waals surface area contributed by atoms with Gasteiger partial charge in [-0.25, -0.2) is 0 Å². The van der Waals surface area contributed by atoms with Gasteiger partial charge >= 0.3 is 0 Å². The SMILES string of the molecule is O=C(CNc1ccccc1N1CCCCC1)NC1CCCC1. The molecule has 1 aliphatic heterocycles. The van der Waals surface area contributed by atoms with Crippen LogP contribution in [-0.4, -0.2) is 31.6 Å². The molecule has 1 aromatic carbocycles. The predicted octanol–water partition coefficient (Wildman–Crippen LogP) is 3.15. The highest BCUT2D eigenvalue weighted by Crippen LogP contribution is 2.28. The molecule has 0 radical (unpaired) electrons. The van der Waals surface area contributed by atoms with Gasteiger partial charge in [-0.3, -0.25) is 4.79 Å². The molecule has 0 aromatic heterocycles. The summed E-state index contributed by atoms with van der Waals surface area (Å²) < 4.78 is 0. The Labute approximate surface area is 133 Å². The molecule has 0 unspecified atom stereocenters. The minimum atomic E-state index is 0.111. The third-order valence-corrected chi connectivity index (χ3v) is 4.76. The lowest BCUT2D eigenvalue weighted by molar-refractivity contribution is -0.120. The van der Waals surface area contributed by atoms with E-state index in [4.69, 9.17) is 0 Å². The average Bonchev–Trinajstić information content (AvgIpc) is 3.07. The summed E-state index contributed by atoms with van der Waals surface area (Å²) in [4.78, 5) is 14.5. The number of rotatable bonds is 5. The molecule has 1 aromatic rings. The van der Waals surface area contributed by atoms with Crippen molar-refractivity contribution in [3.8, 4) is 0 Å². The third-order valence-electron chi connectivity index (χ3n) is 4.76. The predicted molar refractivity (Wildman–Crippen MR) is 91.4 cm³/mol. The van der Waals surface area contributed by atoms with Crippen molar-refractivity contribution >= 4 is 17.3 Å². The number of benzene rings is 1. The Balaban J connectivity index is 1.56. The van der Waals surface area contributed by atoms with Gasteiger partial charge in [-0.15, -0.1) is 0 Å². The monoisotopic (exact) mass is 301 g/mol. The maximum absolute atomic E-state index is 12.1. The molecular weight excluding hydrogens is 274 g/mol. The van der Waals surface area contributed by atoms with E-state index in [9.17, 15) is 4.79 Å². The van der Waals surface area contributed by atoms with Crippen LogP contribution in [0.2, 0.25) is 0 Å². The van der Waals surface area contributed by atoms with E-state index in [1.54, 1.807) is 0 Å². The standard InChI is InChI=1S/C18H27N3O/c22-18(20-15-8-2-3-9-15)14-19-16-10-4-5-11-17(16)21-12-6-1-7-13-21/h4-5,10-11,15,19H,1-3,6-9,12-14H2,(H,20,22). The van der Waals surface area contributed by atoms with Gasteiger partial charge in [0.15, 0.2) is 0 Å². The summed E-state index contributed by atoms with van der Waals surface area (Å²) in [6, 6.07) is 8.74. The summed E-state index contributed by atoms with van der Waals surface area (Å²) in [5.74, 6) is 0.111. The Morgan fingerprint density at radius 3 is 2.55 bits per heavy atom. The van der Waals surface area contributed by atoms with Crippen molar-refractivity contribution in [2.45, 2.75) is 51.0 Å². The number of nitrogens with one attached hydrogen (secondary N) is 2. The molecule has 1 saturated heterocycles. The highest BCUT2D eigenvalue weighted by atomic mass is 16.1. The summed E-state index contributed by atoms with van der Waals surface area (Å²) in [5.41, 5.74) is 2.31. The van der Waals surface area contributed by atoms with E-state index in [0.717, 1.165) is 31.6 Å². The zero-order valence-electron chi connectivity index (χ0n) is 13.3. The average molecular weight is 301 g/mol. The first kappa shape index (κ1) is 15.2. The van der Waals surface area contributed by atoms with Gasteiger partial charge in [-0.2, -0.15) is 0 Å². The van der Waals surface area contributed by atoms with Crippen LogP contribution >= 0.6 is 0 Å². The molecule has 2 N–H and O–H groups in total. The molecule has 120 valence electrons. The van der Waals surface area contributed by atoms with Gasteiger partial charge < -0.3 is 15.5 Å². The Bertz CT molecular complexity index is 491. The van der Waals surface area contributed by atoms with Crippen molar-refractivity contribution in [2.24, 2.45) is 0 Å². The maximum atomic E-state index is 12.1. The second kappa shape index (κ2) is 7.52. The van der Waals surface area contributed by atoms with Crippen molar-refractivity contribution < 1.29 is 4.79 Å². The molecule has 3 rings (SSSR count). The minimum Gasteiger partial charge on any atom is -0.374 e. The van der Waals surface area contributed by atoms with Crippen molar-refractivity contribution in [2.75, 3.05) is 29.9 Å². The molecule has 0 bridgehead atoms. The van der Waals surface area contributed by atoms with Crippen LogP contribution in [0.3, 0.4) is 0 Å². The van der Waals surface area contributed by atoms with Gasteiger partial charge in [0, 0.05) is 19.1 Å². The first-order chi connectivity index (χ1) is 10.8. The highest BCUT2D eigenvalue weighted by molar-refractivity contribution is 5.83. The van der Waals surface area contributed by atoms with E-state index in [0.29, 0.717) is 12.6 Å². The molecule has 4 heteroatoms. The number of anilines is 2. The number of amides is 1. The first-order valence-corrected chi connectivity index (χ1v) is 8.70. The van der Waals surface area contributed by atoms with E-state index in [-0.39, 0.29) is 5.91 Å². The molecule has 1 saturated carbocycles. The van der Waals surface area contributed by atoms with Gasteiger partial charge in [-0.05, 0) is 44.2 Å². The second-order valence-corrected chi connectivity index (χ2v) is 6.47. The van der Waals surface area contributed by atoms with E-state index < -0.39 is 0 Å². The number of nitrogens with zero attached hydrogens (tertiary/aromatic N) is 1. The molecule has 2 aliphatic rings. The number of hydrogen-bond donors (Lipinski definition) is 2. The van der Waals surface area contributed by atoms with Gasteiger partial charge in [-0.1, -0.05) is 25.0 Å². The van der Waals surface area contributed by atoms with Gasteiger partial charge in [0.05, 0.1) is 17.9 Å². The van der Waals surface area contributed by atoms with Crippen molar-refractivity contribution in [3.05, 3.63) is 24.3 Å². The summed E-state index contributed by atoms with van der Waals surface area (Å²) >= 11 is 0. The maximum Gasteiger partial charge on any atom is 0.239 e. The molecule has 0 atom stereocenters. The summed E-state index contributed by atoms with van der Waals surface area (Å²) in [6.45, 7) is 2.60. The van der Waals surface area contributed by atoms with Crippen LogP contribution in [0, 0.1) is 0 Å². The highest BCUT2D eigenvalue weighted by Gasteiger charge is 2.18. The van der Waals surface area contributed by atoms with E-state index in [1.807, 2.05) is 6.07 Å². The fourth-order valence-corrected chi connectivity index (χ4v) is 3.56. The number of piperidine rings is 1. The summed E-state index contributed by atoms with van der Waals surface area (Å²) in [7, 11) is 0. The molecule has 1 amide bonds. The summed E-state index contributed by atoms with van der Waals surface area (Å²) in [6.07, 6.45) is 8.61. The zero-order valence-corrected chi connectivity index (χ0v) is 13.3. The Kier molecular flexibility index (Phi) is 5.20. The van der Waals surface area contributed by atoms with Crippen molar-refractivity contribution in [1.29, 1.82) is 0 Å². The van der Waals surface area contributed by atoms with Gasteiger partial charge in [0.2, 0.25) is 5.91 Å². The van der Waals surface area contributed by atoms with Crippen LogP contribution in [0.4, 0.5) is 11.4 Å². The van der Waals surface area contributed by atoms with E-state index >= 15 is 0 Å². The largest absolute Gasteiger partial charge is 0.374 e. The fourth-order valence-electron chi connectivity index (χ4n) is 3.56. The van der Waals surface area contributed by atoms with Crippen LogP contribution < -0.4 is 15.5 Å². The van der Waals surface area contributed by atoms with Gasteiger partial charge in [0.25, 0.3) is 0 Å². The molecule has 22 heavy (non-hydrogen) atoms. The number of para-hydroxylation sites is 2. The van der Waals surface area contributed by atoms with Crippen molar-refractivity contribution in [3.63, 3.8) is 0 Å². The molecule has 4 nitrogen and oxygen atoms in total. The van der Waals surface area contributed by atoms with Gasteiger partial charge in [0.1, 0.15) is 0 Å². The molecule has 1 heterocycles. The zero-order chi connectivity index (χ0) is 15.2. The smallest absolute Gasteiger partial charge is 0.239 e.